The van der Waals surface area contributed by atoms with E-state index in [1.165, 1.54) is 38.5 Å². The average Bonchev–Trinajstić information content (AvgIpc) is 3.19. The Labute approximate surface area is 153 Å². The second-order valence-corrected chi connectivity index (χ2v) is 7.57. The molecule has 2 fully saturated rings. The lowest BCUT2D eigenvalue weighted by molar-refractivity contribution is -0.137. The highest BCUT2D eigenvalue weighted by molar-refractivity contribution is 5.66. The van der Waals surface area contributed by atoms with Gasteiger partial charge in [0.15, 0.2) is 0 Å². The summed E-state index contributed by atoms with van der Waals surface area (Å²) < 4.78 is 12.0. The maximum atomic E-state index is 10.5. The number of carbonyl (C=O) groups is 1. The van der Waals surface area contributed by atoms with Crippen LogP contribution in [-0.4, -0.2) is 36.5 Å². The first-order valence-corrected chi connectivity index (χ1v) is 10.3. The predicted octanol–water partition coefficient (Wildman–Crippen LogP) is 4.97. The van der Waals surface area contributed by atoms with Gasteiger partial charge in [0.2, 0.25) is 0 Å². The van der Waals surface area contributed by atoms with Crippen LogP contribution in [0.2, 0.25) is 0 Å². The molecule has 0 aromatic rings. The molecule has 0 radical (unpaired) electrons. The Balaban J connectivity index is 1.63. The van der Waals surface area contributed by atoms with Gasteiger partial charge in [-0.1, -0.05) is 38.3 Å². The fourth-order valence-corrected chi connectivity index (χ4v) is 4.29. The number of carboxylic acids is 1. The van der Waals surface area contributed by atoms with Gasteiger partial charge in [-0.15, -0.1) is 0 Å². The van der Waals surface area contributed by atoms with Gasteiger partial charge in [-0.2, -0.15) is 0 Å². The molecule has 0 spiro atoms. The summed E-state index contributed by atoms with van der Waals surface area (Å²) in [7, 11) is 0. The van der Waals surface area contributed by atoms with Crippen LogP contribution in [0.5, 0.6) is 0 Å². The minimum absolute atomic E-state index is 0.264. The number of ether oxygens (including phenoxy) is 2. The molecular formula is C21H36O4. The monoisotopic (exact) mass is 352 g/mol. The first-order valence-electron chi connectivity index (χ1n) is 10.3. The Bertz CT molecular complexity index is 407. The first-order chi connectivity index (χ1) is 12.2. The van der Waals surface area contributed by atoms with Crippen LogP contribution in [0.25, 0.3) is 0 Å². The smallest absolute Gasteiger partial charge is 0.303 e. The lowest BCUT2D eigenvalue weighted by Crippen LogP contribution is -2.28. The SMILES string of the molecule is CCCCCCOCC[C@@H]1[C@@H](C/C=C\CCCC(=O)O)[C@H]2CC[C@@H]1O2. The van der Waals surface area contributed by atoms with Gasteiger partial charge in [-0.05, 0) is 56.8 Å². The fraction of sp³-hybridized carbons (Fsp3) is 0.857. The Hall–Kier alpha value is -0.870. The van der Waals surface area contributed by atoms with Gasteiger partial charge in [0.1, 0.15) is 0 Å². The molecular weight excluding hydrogens is 316 g/mol. The molecule has 2 heterocycles. The van der Waals surface area contributed by atoms with Crippen LogP contribution < -0.4 is 0 Å². The Kier molecular flexibility index (Phi) is 9.56. The van der Waals surface area contributed by atoms with Crippen LogP contribution >= 0.6 is 0 Å². The maximum absolute atomic E-state index is 10.5. The van der Waals surface area contributed by atoms with Crippen molar-refractivity contribution in [1.29, 1.82) is 0 Å². The van der Waals surface area contributed by atoms with E-state index in [2.05, 4.69) is 19.1 Å². The van der Waals surface area contributed by atoms with E-state index in [1.54, 1.807) is 0 Å². The van der Waals surface area contributed by atoms with Crippen LogP contribution in [0.15, 0.2) is 12.2 Å². The van der Waals surface area contributed by atoms with Crippen LogP contribution in [0.3, 0.4) is 0 Å². The second-order valence-electron chi connectivity index (χ2n) is 7.57. The van der Waals surface area contributed by atoms with Gasteiger partial charge < -0.3 is 14.6 Å². The van der Waals surface area contributed by atoms with E-state index < -0.39 is 5.97 Å². The van der Waals surface area contributed by atoms with Crippen LogP contribution in [0.4, 0.5) is 0 Å². The Morgan fingerprint density at radius 3 is 2.64 bits per heavy atom. The van der Waals surface area contributed by atoms with E-state index in [-0.39, 0.29) is 6.42 Å². The van der Waals surface area contributed by atoms with E-state index >= 15 is 0 Å². The van der Waals surface area contributed by atoms with Crippen molar-refractivity contribution >= 4 is 5.97 Å². The molecule has 0 unspecified atom stereocenters. The van der Waals surface area contributed by atoms with Crippen molar-refractivity contribution in [2.45, 2.75) is 89.8 Å². The Morgan fingerprint density at radius 2 is 1.88 bits per heavy atom. The third-order valence-corrected chi connectivity index (χ3v) is 5.66. The highest BCUT2D eigenvalue weighted by Gasteiger charge is 2.47. The zero-order valence-corrected chi connectivity index (χ0v) is 15.8. The molecule has 4 nitrogen and oxygen atoms in total. The van der Waals surface area contributed by atoms with E-state index in [0.29, 0.717) is 24.0 Å². The van der Waals surface area contributed by atoms with Gasteiger partial charge in [0.25, 0.3) is 0 Å². The molecule has 25 heavy (non-hydrogen) atoms. The van der Waals surface area contributed by atoms with Crippen LogP contribution in [0.1, 0.15) is 77.6 Å². The van der Waals surface area contributed by atoms with Crippen LogP contribution in [0, 0.1) is 11.8 Å². The highest BCUT2D eigenvalue weighted by Crippen LogP contribution is 2.46. The molecule has 144 valence electrons. The minimum atomic E-state index is -0.704. The van der Waals surface area contributed by atoms with Crippen molar-refractivity contribution in [1.82, 2.24) is 0 Å². The summed E-state index contributed by atoms with van der Waals surface area (Å²) in [4.78, 5) is 10.5. The van der Waals surface area contributed by atoms with E-state index in [4.69, 9.17) is 14.6 Å². The third kappa shape index (κ3) is 7.10. The molecule has 2 aliphatic rings. The summed E-state index contributed by atoms with van der Waals surface area (Å²) in [5.74, 6) is 0.556. The average molecular weight is 353 g/mol. The number of carboxylic acid groups (broad SMARTS) is 1. The summed E-state index contributed by atoms with van der Waals surface area (Å²) in [6.45, 7) is 3.99. The van der Waals surface area contributed by atoms with Crippen LogP contribution in [-0.2, 0) is 14.3 Å². The summed E-state index contributed by atoms with van der Waals surface area (Å²) in [5.41, 5.74) is 0. The zero-order chi connectivity index (χ0) is 17.9. The van der Waals surface area contributed by atoms with Crippen molar-refractivity contribution < 1.29 is 19.4 Å². The van der Waals surface area contributed by atoms with Gasteiger partial charge in [0, 0.05) is 19.6 Å². The number of aliphatic carboxylic acids is 1. The third-order valence-electron chi connectivity index (χ3n) is 5.66. The predicted molar refractivity (Wildman–Crippen MR) is 99.7 cm³/mol. The molecule has 0 amide bonds. The standard InChI is InChI=1S/C21H36O4/c1-2-3-4-9-15-24-16-14-18-17(19-12-13-20(18)25-19)10-7-5-6-8-11-21(22)23/h5,7,17-20H,2-4,6,8-16H2,1H3,(H,22,23)/b7-5-/t17-,18-,19-,20+/m1/s1. The van der Waals surface area contributed by atoms with Crippen molar-refractivity contribution in [2.75, 3.05) is 13.2 Å². The van der Waals surface area contributed by atoms with Crippen molar-refractivity contribution in [2.24, 2.45) is 11.8 Å². The molecule has 4 atom stereocenters. The number of unbranched alkanes of at least 4 members (excludes halogenated alkanes) is 4. The molecule has 4 heteroatoms. The summed E-state index contributed by atoms with van der Waals surface area (Å²) >= 11 is 0. The molecule has 0 aliphatic carbocycles. The van der Waals surface area contributed by atoms with Crippen molar-refractivity contribution in [3.63, 3.8) is 0 Å². The number of rotatable bonds is 14. The normalized spacial score (nSPS) is 28.2. The fourth-order valence-electron chi connectivity index (χ4n) is 4.29. The van der Waals surface area contributed by atoms with Gasteiger partial charge in [-0.3, -0.25) is 4.79 Å². The number of allylic oxidation sites excluding steroid dienone is 2. The molecule has 0 saturated carbocycles. The van der Waals surface area contributed by atoms with Gasteiger partial charge in [0.05, 0.1) is 12.2 Å². The van der Waals surface area contributed by atoms with Gasteiger partial charge >= 0.3 is 5.97 Å². The number of hydrogen-bond acceptors (Lipinski definition) is 3. The maximum Gasteiger partial charge on any atom is 0.303 e. The second kappa shape index (κ2) is 11.7. The molecule has 0 aromatic heterocycles. The van der Waals surface area contributed by atoms with Crippen molar-refractivity contribution in [3.8, 4) is 0 Å². The summed E-state index contributed by atoms with van der Waals surface area (Å²) in [6, 6.07) is 0. The lowest BCUT2D eigenvalue weighted by Gasteiger charge is -2.27. The molecule has 0 aromatic carbocycles. The zero-order valence-electron chi connectivity index (χ0n) is 15.8. The minimum Gasteiger partial charge on any atom is -0.481 e. The van der Waals surface area contributed by atoms with E-state index in [0.717, 1.165) is 38.9 Å². The molecule has 2 bridgehead atoms. The molecule has 2 aliphatic heterocycles. The van der Waals surface area contributed by atoms with Gasteiger partial charge in [-0.25, -0.2) is 0 Å². The lowest BCUT2D eigenvalue weighted by atomic mass is 9.76. The number of fused-ring (bicyclic) bond motifs is 2. The summed E-state index contributed by atoms with van der Waals surface area (Å²) in [6.07, 6.45) is 16.8. The topological polar surface area (TPSA) is 55.8 Å². The molecule has 2 rings (SSSR count). The Morgan fingerprint density at radius 1 is 1.08 bits per heavy atom. The summed E-state index contributed by atoms with van der Waals surface area (Å²) in [5, 5.41) is 8.66. The quantitative estimate of drug-likeness (QED) is 0.354. The first kappa shape index (κ1) is 20.4. The van der Waals surface area contributed by atoms with E-state index in [9.17, 15) is 4.79 Å². The van der Waals surface area contributed by atoms with E-state index in [1.807, 2.05) is 0 Å². The highest BCUT2D eigenvalue weighted by atomic mass is 16.5. The van der Waals surface area contributed by atoms with Crippen molar-refractivity contribution in [3.05, 3.63) is 12.2 Å². The molecule has 1 N–H and O–H groups in total. The largest absolute Gasteiger partial charge is 0.481 e. The molecule has 2 saturated heterocycles. The number of hydrogen-bond donors (Lipinski definition) is 1.